The number of phenolic OH excluding ortho intramolecular Hbond substituents is 1. The molecular weight excluding hydrogens is 442 g/mol. The summed E-state index contributed by atoms with van der Waals surface area (Å²) in [6.07, 6.45) is 3.44. The highest BCUT2D eigenvalue weighted by atomic mass is 32.2. The molecule has 0 radical (unpaired) electrons. The third-order valence-electron chi connectivity index (χ3n) is 6.42. The number of anilines is 1. The molecule has 2 aromatic rings. The third kappa shape index (κ3) is 5.20. The summed E-state index contributed by atoms with van der Waals surface area (Å²) in [6.45, 7) is 3.75. The van der Waals surface area contributed by atoms with Crippen molar-refractivity contribution in [2.45, 2.75) is 38.6 Å². The van der Waals surface area contributed by atoms with Crippen molar-refractivity contribution in [2.75, 3.05) is 23.9 Å². The lowest BCUT2D eigenvalue weighted by Gasteiger charge is -2.30. The highest BCUT2D eigenvalue weighted by molar-refractivity contribution is 7.91. The van der Waals surface area contributed by atoms with E-state index in [9.17, 15) is 23.1 Å². The van der Waals surface area contributed by atoms with Crippen LogP contribution < -0.4 is 9.03 Å². The van der Waals surface area contributed by atoms with Gasteiger partial charge in [0.15, 0.2) is 0 Å². The molecule has 2 N–H and O–H groups in total. The van der Waals surface area contributed by atoms with Gasteiger partial charge in [0.05, 0.1) is 24.7 Å². The van der Waals surface area contributed by atoms with Crippen LogP contribution in [0.3, 0.4) is 0 Å². The third-order valence-corrected chi connectivity index (χ3v) is 7.94. The van der Waals surface area contributed by atoms with Gasteiger partial charge in [0.2, 0.25) is 5.91 Å². The first-order valence-corrected chi connectivity index (χ1v) is 12.6. The molecular formula is C24H29N3O5S. The highest BCUT2D eigenvalue weighted by Gasteiger charge is 2.36. The molecule has 1 unspecified atom stereocenters. The first kappa shape index (κ1) is 23.3. The Morgan fingerprint density at radius 1 is 1.15 bits per heavy atom. The average molecular weight is 472 g/mol. The van der Waals surface area contributed by atoms with Crippen LogP contribution in [0.25, 0.3) is 0 Å². The van der Waals surface area contributed by atoms with Gasteiger partial charge in [-0.25, -0.2) is 0 Å². The van der Waals surface area contributed by atoms with Gasteiger partial charge in [-0.2, -0.15) is 13.1 Å². The minimum Gasteiger partial charge on any atom is -0.506 e. The van der Waals surface area contributed by atoms with Crippen molar-refractivity contribution in [1.82, 2.24) is 9.62 Å². The number of rotatable bonds is 6. The number of benzene rings is 2. The van der Waals surface area contributed by atoms with Crippen LogP contribution in [0, 0.1) is 5.92 Å². The maximum atomic E-state index is 12.8. The fourth-order valence-electron chi connectivity index (χ4n) is 4.41. The van der Waals surface area contributed by atoms with Gasteiger partial charge in [-0.3, -0.25) is 9.10 Å². The van der Waals surface area contributed by atoms with E-state index in [-0.39, 0.29) is 23.9 Å². The second kappa shape index (κ2) is 9.52. The predicted octanol–water partition coefficient (Wildman–Crippen LogP) is 2.01. The van der Waals surface area contributed by atoms with Crippen molar-refractivity contribution in [2.24, 2.45) is 5.92 Å². The highest BCUT2D eigenvalue weighted by Crippen LogP contribution is 2.33. The molecule has 4 rings (SSSR count). The molecule has 0 spiro atoms. The lowest BCUT2D eigenvalue weighted by molar-refractivity contribution is -0.131. The summed E-state index contributed by atoms with van der Waals surface area (Å²) in [4.78, 5) is 25.8. The zero-order chi connectivity index (χ0) is 23.6. The normalized spacial score (nSPS) is 20.7. The Bertz CT molecular complexity index is 1140. The van der Waals surface area contributed by atoms with Gasteiger partial charge >= 0.3 is 10.2 Å². The standard InChI is InChI=1S/C24H29N3O5S/c1-17-8-10-26(11-9-17)24(30)14-20-5-3-2-4-19(20)12-18-6-7-22(23(29)13-18)27-15-21(16-28)25-33(27,31)32/h2-7,13,16-17,21,25,29H,8-12,14-15H2,1H3. The van der Waals surface area contributed by atoms with Gasteiger partial charge in [-0.15, -0.1) is 0 Å². The number of nitrogens with one attached hydrogen (secondary N) is 1. The molecule has 0 aliphatic carbocycles. The maximum absolute atomic E-state index is 12.8. The Balaban J connectivity index is 1.49. The van der Waals surface area contributed by atoms with E-state index in [1.54, 1.807) is 12.1 Å². The Hall–Kier alpha value is -2.91. The minimum absolute atomic E-state index is 0.0705. The molecule has 2 fully saturated rings. The minimum atomic E-state index is -3.88. The topological polar surface area (TPSA) is 107 Å². The van der Waals surface area contributed by atoms with Crippen molar-refractivity contribution < 1.29 is 23.1 Å². The summed E-state index contributed by atoms with van der Waals surface area (Å²) < 4.78 is 27.8. The molecule has 0 saturated carbocycles. The molecule has 33 heavy (non-hydrogen) atoms. The van der Waals surface area contributed by atoms with Gasteiger partial charge in [0.25, 0.3) is 0 Å². The van der Waals surface area contributed by atoms with Crippen molar-refractivity contribution in [3.05, 3.63) is 59.2 Å². The average Bonchev–Trinajstić information content (AvgIpc) is 3.10. The number of amides is 1. The molecule has 2 aliphatic rings. The van der Waals surface area contributed by atoms with E-state index in [1.807, 2.05) is 29.2 Å². The Morgan fingerprint density at radius 2 is 1.85 bits per heavy atom. The SMILES string of the molecule is CC1CCN(C(=O)Cc2ccccc2Cc2ccc(N3CC(C=O)NS3(=O)=O)c(O)c2)CC1. The monoisotopic (exact) mass is 471 g/mol. The van der Waals surface area contributed by atoms with Crippen LogP contribution in [0.2, 0.25) is 0 Å². The largest absolute Gasteiger partial charge is 0.506 e. The molecule has 1 amide bonds. The summed E-state index contributed by atoms with van der Waals surface area (Å²) in [5.74, 6) is 0.608. The number of aromatic hydroxyl groups is 1. The van der Waals surface area contributed by atoms with Gasteiger partial charge in [-0.05, 0) is 54.0 Å². The molecule has 2 aliphatic heterocycles. The molecule has 176 valence electrons. The summed E-state index contributed by atoms with van der Waals surface area (Å²) >= 11 is 0. The molecule has 2 aromatic carbocycles. The number of carbonyl (C=O) groups excluding carboxylic acids is 2. The van der Waals surface area contributed by atoms with Crippen LogP contribution in [0.4, 0.5) is 5.69 Å². The predicted molar refractivity (Wildman–Crippen MR) is 125 cm³/mol. The first-order valence-electron chi connectivity index (χ1n) is 11.2. The van der Waals surface area contributed by atoms with Crippen LogP contribution in [-0.2, 0) is 32.6 Å². The number of hydrogen-bond acceptors (Lipinski definition) is 5. The molecule has 8 nitrogen and oxygen atoms in total. The number of hydrogen-bond donors (Lipinski definition) is 2. The quantitative estimate of drug-likeness (QED) is 0.627. The van der Waals surface area contributed by atoms with Crippen LogP contribution >= 0.6 is 0 Å². The number of likely N-dealkylation sites (tertiary alicyclic amines) is 1. The van der Waals surface area contributed by atoms with E-state index in [1.165, 1.54) is 6.07 Å². The number of nitrogens with zero attached hydrogens (tertiary/aromatic N) is 2. The van der Waals surface area contributed by atoms with Crippen molar-refractivity contribution in [3.8, 4) is 5.75 Å². The number of phenols is 1. The van der Waals surface area contributed by atoms with E-state index in [0.29, 0.717) is 25.0 Å². The molecule has 9 heteroatoms. The summed E-state index contributed by atoms with van der Waals surface area (Å²) in [7, 11) is -3.88. The van der Waals surface area contributed by atoms with E-state index in [2.05, 4.69) is 11.6 Å². The van der Waals surface area contributed by atoms with Gasteiger partial charge < -0.3 is 14.8 Å². The van der Waals surface area contributed by atoms with Gasteiger partial charge in [0.1, 0.15) is 12.0 Å². The van der Waals surface area contributed by atoms with Crippen LogP contribution in [0.5, 0.6) is 5.75 Å². The molecule has 1 atom stereocenters. The Morgan fingerprint density at radius 3 is 2.48 bits per heavy atom. The van der Waals surface area contributed by atoms with E-state index < -0.39 is 16.3 Å². The van der Waals surface area contributed by atoms with Crippen LogP contribution in [0.1, 0.15) is 36.5 Å². The van der Waals surface area contributed by atoms with Gasteiger partial charge in [0, 0.05) is 13.1 Å². The molecule has 0 aromatic heterocycles. The Labute approximate surface area is 194 Å². The van der Waals surface area contributed by atoms with Crippen molar-refractivity contribution in [1.29, 1.82) is 0 Å². The summed E-state index contributed by atoms with van der Waals surface area (Å²) in [5, 5.41) is 10.5. The number of carbonyl (C=O) groups is 2. The zero-order valence-corrected chi connectivity index (χ0v) is 19.4. The maximum Gasteiger partial charge on any atom is 0.302 e. The van der Waals surface area contributed by atoms with E-state index >= 15 is 0 Å². The number of aldehydes is 1. The van der Waals surface area contributed by atoms with Crippen LogP contribution in [0.15, 0.2) is 42.5 Å². The van der Waals surface area contributed by atoms with E-state index in [0.717, 1.165) is 46.9 Å². The van der Waals surface area contributed by atoms with Crippen LogP contribution in [-0.4, -0.2) is 56.3 Å². The summed E-state index contributed by atoms with van der Waals surface area (Å²) in [5.41, 5.74) is 2.85. The summed E-state index contributed by atoms with van der Waals surface area (Å²) in [6, 6.07) is 11.7. The molecule has 2 heterocycles. The lowest BCUT2D eigenvalue weighted by Crippen LogP contribution is -2.38. The number of piperidine rings is 1. The first-order chi connectivity index (χ1) is 15.8. The van der Waals surface area contributed by atoms with E-state index in [4.69, 9.17) is 0 Å². The second-order valence-corrected chi connectivity index (χ2v) is 10.5. The fraction of sp³-hybridized carbons (Fsp3) is 0.417. The smallest absolute Gasteiger partial charge is 0.302 e. The Kier molecular flexibility index (Phi) is 6.71. The molecule has 0 bridgehead atoms. The zero-order valence-electron chi connectivity index (χ0n) is 18.6. The van der Waals surface area contributed by atoms with Crippen molar-refractivity contribution in [3.63, 3.8) is 0 Å². The fourth-order valence-corrected chi connectivity index (χ4v) is 5.82. The van der Waals surface area contributed by atoms with Crippen molar-refractivity contribution >= 4 is 28.1 Å². The van der Waals surface area contributed by atoms with Gasteiger partial charge in [-0.1, -0.05) is 37.3 Å². The lowest BCUT2D eigenvalue weighted by atomic mass is 9.95. The second-order valence-electron chi connectivity index (χ2n) is 8.91. The molecule has 2 saturated heterocycles.